The molecule has 8 nitrogen and oxygen atoms in total. The van der Waals surface area contributed by atoms with E-state index in [-0.39, 0.29) is 30.2 Å². The average Bonchev–Trinajstić information content (AvgIpc) is 3.61. The number of aryl methyl sites for hydroxylation is 1. The third kappa shape index (κ3) is 6.76. The first-order valence-corrected chi connectivity index (χ1v) is 12.9. The summed E-state index contributed by atoms with van der Waals surface area (Å²) in [6.07, 6.45) is 7.14. The zero-order chi connectivity index (χ0) is 26.2. The number of ether oxygens (including phenoxy) is 2. The molecule has 1 aliphatic carbocycles. The molecule has 0 bridgehead atoms. The Hall–Kier alpha value is -3.68. The minimum absolute atomic E-state index is 0.00414. The molecule has 2 amide bonds. The summed E-state index contributed by atoms with van der Waals surface area (Å²) in [6.45, 7) is 2.66. The standard InChI is InChI=1S/C29H36N2O6/c1-21-11-13-24(37-21)19-30(16-15-22-12-14-25(34-2)27(18-22)35-3)28(32)20-31(23-8-5-4-6-9-23)29(33)26-10-7-17-36-26/h7,10-14,17-18,23H,4-6,8-9,15-16,19-20H2,1-3H3. The van der Waals surface area contributed by atoms with Gasteiger partial charge in [0, 0.05) is 12.6 Å². The molecule has 4 rings (SSSR count). The van der Waals surface area contributed by atoms with E-state index < -0.39 is 0 Å². The maximum atomic E-state index is 13.7. The summed E-state index contributed by atoms with van der Waals surface area (Å²) in [6, 6.07) is 12.9. The third-order valence-corrected chi connectivity index (χ3v) is 6.93. The van der Waals surface area contributed by atoms with Gasteiger partial charge in [-0.3, -0.25) is 9.59 Å². The Morgan fingerprint density at radius 3 is 2.43 bits per heavy atom. The van der Waals surface area contributed by atoms with Crippen LogP contribution in [0.4, 0.5) is 0 Å². The average molecular weight is 509 g/mol. The lowest BCUT2D eigenvalue weighted by Crippen LogP contribution is -2.48. The predicted octanol–water partition coefficient (Wildman–Crippen LogP) is 5.24. The van der Waals surface area contributed by atoms with Gasteiger partial charge < -0.3 is 28.1 Å². The predicted molar refractivity (Wildman–Crippen MR) is 139 cm³/mol. The lowest BCUT2D eigenvalue weighted by atomic mass is 9.94. The summed E-state index contributed by atoms with van der Waals surface area (Å²) >= 11 is 0. The summed E-state index contributed by atoms with van der Waals surface area (Å²) in [4.78, 5) is 30.6. The van der Waals surface area contributed by atoms with Crippen molar-refractivity contribution in [2.24, 2.45) is 0 Å². The third-order valence-electron chi connectivity index (χ3n) is 6.93. The van der Waals surface area contributed by atoms with Crippen molar-refractivity contribution in [3.63, 3.8) is 0 Å². The quantitative estimate of drug-likeness (QED) is 0.352. The minimum Gasteiger partial charge on any atom is -0.493 e. The van der Waals surface area contributed by atoms with Crippen LogP contribution in [0.15, 0.2) is 57.6 Å². The van der Waals surface area contributed by atoms with Gasteiger partial charge >= 0.3 is 0 Å². The van der Waals surface area contributed by atoms with E-state index in [4.69, 9.17) is 18.3 Å². The van der Waals surface area contributed by atoms with Crippen LogP contribution in [0.3, 0.4) is 0 Å². The normalized spacial score (nSPS) is 13.8. The van der Waals surface area contributed by atoms with E-state index in [2.05, 4.69) is 0 Å². The summed E-state index contributed by atoms with van der Waals surface area (Å²) < 4.78 is 22.0. The Morgan fingerprint density at radius 2 is 1.78 bits per heavy atom. The Bertz CT molecular complexity index is 1160. The van der Waals surface area contributed by atoms with Crippen molar-refractivity contribution < 1.29 is 27.9 Å². The number of carbonyl (C=O) groups is 2. The molecule has 0 aliphatic heterocycles. The van der Waals surface area contributed by atoms with E-state index in [9.17, 15) is 9.59 Å². The minimum atomic E-state index is -0.237. The van der Waals surface area contributed by atoms with Crippen molar-refractivity contribution in [1.29, 1.82) is 0 Å². The van der Waals surface area contributed by atoms with Gasteiger partial charge in [-0.2, -0.15) is 0 Å². The first-order valence-electron chi connectivity index (χ1n) is 12.9. The second-order valence-electron chi connectivity index (χ2n) is 9.47. The smallest absolute Gasteiger partial charge is 0.290 e. The molecule has 1 aromatic carbocycles. The highest BCUT2D eigenvalue weighted by Crippen LogP contribution is 2.28. The summed E-state index contributed by atoms with van der Waals surface area (Å²) in [7, 11) is 3.21. The Labute approximate surface area is 218 Å². The molecule has 1 aliphatic rings. The summed E-state index contributed by atoms with van der Waals surface area (Å²) in [5.74, 6) is 2.70. The molecule has 1 fully saturated rings. The van der Waals surface area contributed by atoms with Gasteiger partial charge in [0.2, 0.25) is 5.91 Å². The topological polar surface area (TPSA) is 85.4 Å². The van der Waals surface area contributed by atoms with E-state index >= 15 is 0 Å². The number of nitrogens with zero attached hydrogens (tertiary/aromatic N) is 2. The van der Waals surface area contributed by atoms with Gasteiger partial charge in [0.1, 0.15) is 18.1 Å². The Morgan fingerprint density at radius 1 is 1.00 bits per heavy atom. The van der Waals surface area contributed by atoms with E-state index in [1.54, 1.807) is 36.2 Å². The molecule has 0 N–H and O–H groups in total. The fraction of sp³-hybridized carbons (Fsp3) is 0.448. The number of carbonyl (C=O) groups excluding carboxylic acids is 2. The maximum absolute atomic E-state index is 13.7. The number of methoxy groups -OCH3 is 2. The van der Waals surface area contributed by atoms with Gasteiger partial charge in [0.25, 0.3) is 5.91 Å². The summed E-state index contributed by atoms with van der Waals surface area (Å²) in [5, 5.41) is 0. The van der Waals surface area contributed by atoms with E-state index in [0.717, 1.165) is 43.4 Å². The highest BCUT2D eigenvalue weighted by Gasteiger charge is 2.31. The zero-order valence-corrected chi connectivity index (χ0v) is 21.9. The van der Waals surface area contributed by atoms with Crippen molar-refractivity contribution in [2.45, 2.75) is 58.0 Å². The fourth-order valence-corrected chi connectivity index (χ4v) is 4.90. The summed E-state index contributed by atoms with van der Waals surface area (Å²) in [5.41, 5.74) is 1.02. The van der Waals surface area contributed by atoms with Gasteiger partial charge in [-0.05, 0) is 68.1 Å². The molecule has 198 valence electrons. The zero-order valence-electron chi connectivity index (χ0n) is 21.9. The Kier molecular flexibility index (Phi) is 8.93. The van der Waals surface area contributed by atoms with Crippen LogP contribution in [-0.4, -0.2) is 55.0 Å². The second kappa shape index (κ2) is 12.5. The largest absolute Gasteiger partial charge is 0.493 e. The monoisotopic (exact) mass is 508 g/mol. The van der Waals surface area contributed by atoms with E-state index in [1.165, 1.54) is 6.26 Å². The van der Waals surface area contributed by atoms with E-state index in [1.807, 2.05) is 37.3 Å². The van der Waals surface area contributed by atoms with Crippen LogP contribution >= 0.6 is 0 Å². The molecule has 2 heterocycles. The van der Waals surface area contributed by atoms with Gasteiger partial charge in [0.15, 0.2) is 17.3 Å². The number of rotatable bonds is 11. The van der Waals surface area contributed by atoms with Crippen LogP contribution in [0.2, 0.25) is 0 Å². The molecular weight excluding hydrogens is 472 g/mol. The molecular formula is C29H36N2O6. The second-order valence-corrected chi connectivity index (χ2v) is 9.47. The van der Waals surface area contributed by atoms with Crippen LogP contribution in [0.5, 0.6) is 11.5 Å². The van der Waals surface area contributed by atoms with Crippen LogP contribution in [0.1, 0.15) is 59.7 Å². The molecule has 3 aromatic rings. The number of hydrogen-bond acceptors (Lipinski definition) is 6. The highest BCUT2D eigenvalue weighted by molar-refractivity contribution is 5.94. The van der Waals surface area contributed by atoms with Crippen molar-refractivity contribution in [2.75, 3.05) is 27.3 Å². The van der Waals surface area contributed by atoms with Crippen LogP contribution in [0.25, 0.3) is 0 Å². The molecule has 0 unspecified atom stereocenters. The molecule has 8 heteroatoms. The molecule has 0 radical (unpaired) electrons. The van der Waals surface area contributed by atoms with Crippen molar-refractivity contribution in [1.82, 2.24) is 9.80 Å². The van der Waals surface area contributed by atoms with Gasteiger partial charge in [-0.25, -0.2) is 0 Å². The molecule has 2 aromatic heterocycles. The molecule has 0 saturated heterocycles. The van der Waals surface area contributed by atoms with Crippen molar-refractivity contribution in [3.05, 3.63) is 71.6 Å². The molecule has 0 atom stereocenters. The first-order chi connectivity index (χ1) is 18.0. The van der Waals surface area contributed by atoms with Crippen molar-refractivity contribution in [3.8, 4) is 11.5 Å². The van der Waals surface area contributed by atoms with Crippen LogP contribution in [-0.2, 0) is 17.8 Å². The number of amides is 2. The van der Waals surface area contributed by atoms with Gasteiger partial charge in [-0.1, -0.05) is 25.3 Å². The first kappa shape index (κ1) is 26.4. The highest BCUT2D eigenvalue weighted by atomic mass is 16.5. The fourth-order valence-electron chi connectivity index (χ4n) is 4.90. The SMILES string of the molecule is COc1ccc(CCN(Cc2ccc(C)o2)C(=O)CN(C(=O)c2ccco2)C2CCCCC2)cc1OC. The molecule has 0 spiro atoms. The van der Waals surface area contributed by atoms with E-state index in [0.29, 0.717) is 36.8 Å². The van der Waals surface area contributed by atoms with Gasteiger partial charge in [-0.15, -0.1) is 0 Å². The molecule has 1 saturated carbocycles. The van der Waals surface area contributed by atoms with Crippen molar-refractivity contribution >= 4 is 11.8 Å². The molecule has 37 heavy (non-hydrogen) atoms. The van der Waals surface area contributed by atoms with Crippen LogP contribution in [0, 0.1) is 6.92 Å². The van der Waals surface area contributed by atoms with Gasteiger partial charge in [0.05, 0.1) is 27.0 Å². The number of hydrogen-bond donors (Lipinski definition) is 0. The van der Waals surface area contributed by atoms with Crippen LogP contribution < -0.4 is 9.47 Å². The lowest BCUT2D eigenvalue weighted by molar-refractivity contribution is -0.133. The maximum Gasteiger partial charge on any atom is 0.290 e. The number of benzene rings is 1. The number of furan rings is 2. The Balaban J connectivity index is 1.53. The lowest BCUT2D eigenvalue weighted by Gasteiger charge is -2.35.